The predicted octanol–water partition coefficient (Wildman–Crippen LogP) is 2.98. The van der Waals surface area contributed by atoms with Crippen molar-refractivity contribution in [2.45, 2.75) is 0 Å². The molecule has 74 valence electrons. The highest BCUT2D eigenvalue weighted by molar-refractivity contribution is 6.41. The summed E-state index contributed by atoms with van der Waals surface area (Å²) in [6.45, 7) is 0. The van der Waals surface area contributed by atoms with Crippen LogP contribution >= 0.6 is 0 Å². The number of rotatable bonds is 0. The average molecular weight is 210 g/mol. The molecule has 0 heterocycles. The predicted molar refractivity (Wildman–Crippen MR) is 73.2 cm³/mol. The first-order chi connectivity index (χ1) is 8.34. The van der Waals surface area contributed by atoms with E-state index in [9.17, 15) is 0 Å². The van der Waals surface area contributed by atoms with E-state index >= 15 is 0 Å². The van der Waals surface area contributed by atoms with Crippen LogP contribution in [0, 0.1) is 12.1 Å². The second-order valence-corrected chi connectivity index (χ2v) is 4.35. The molecule has 0 aliphatic heterocycles. The molecule has 4 rings (SSSR count). The first-order valence-corrected chi connectivity index (χ1v) is 5.60. The fourth-order valence-electron chi connectivity index (χ4n) is 2.58. The van der Waals surface area contributed by atoms with Crippen LogP contribution in [0.25, 0.3) is 32.3 Å². The summed E-state index contributed by atoms with van der Waals surface area (Å²) in [5, 5.41) is 6.97. The van der Waals surface area contributed by atoms with E-state index in [-0.39, 0.29) is 0 Å². The number of hydrogen-bond acceptors (Lipinski definition) is 0. The first-order valence-electron chi connectivity index (χ1n) is 5.60. The van der Waals surface area contributed by atoms with Gasteiger partial charge in [-0.25, -0.2) is 0 Å². The largest absolute Gasteiger partial charge is 0.115 e. The van der Waals surface area contributed by atoms with Crippen molar-refractivity contribution in [2.75, 3.05) is 0 Å². The van der Waals surface area contributed by atoms with Crippen LogP contribution in [-0.2, 0) is 0 Å². The molecule has 0 N–H and O–H groups in total. The minimum Gasteiger partial charge on any atom is -0.0806 e. The molecule has 0 unspecified atom stereocenters. The van der Waals surface area contributed by atoms with Crippen molar-refractivity contribution in [3.63, 3.8) is 0 Å². The molecule has 4 aromatic carbocycles. The second-order valence-electron chi connectivity index (χ2n) is 4.35. The molecule has 0 aliphatic rings. The van der Waals surface area contributed by atoms with Gasteiger partial charge in [0.2, 0.25) is 0 Å². The van der Waals surface area contributed by atoms with Gasteiger partial charge in [0.15, 0.2) is 0 Å². The monoisotopic (exact) mass is 210 g/mol. The van der Waals surface area contributed by atoms with E-state index in [1.165, 1.54) is 21.5 Å². The lowest BCUT2D eigenvalue weighted by atomic mass is 9.86. The van der Waals surface area contributed by atoms with Crippen molar-refractivity contribution in [1.82, 2.24) is 0 Å². The van der Waals surface area contributed by atoms with E-state index in [1.54, 1.807) is 0 Å². The Labute approximate surface area is 101 Å². The summed E-state index contributed by atoms with van der Waals surface area (Å²) >= 11 is 0. The van der Waals surface area contributed by atoms with E-state index in [4.69, 9.17) is 7.85 Å². The topological polar surface area (TPSA) is 0 Å². The molecule has 0 saturated carbocycles. The summed E-state index contributed by atoms with van der Waals surface area (Å²) in [6, 6.07) is 20.9. The van der Waals surface area contributed by atoms with E-state index in [2.05, 4.69) is 48.5 Å². The van der Waals surface area contributed by atoms with Crippen molar-refractivity contribution < 1.29 is 0 Å². The fourth-order valence-corrected chi connectivity index (χ4v) is 2.58. The van der Waals surface area contributed by atoms with Gasteiger partial charge in [-0.15, -0.1) is 0 Å². The maximum Gasteiger partial charge on any atom is 0.115 e. The lowest BCUT2D eigenvalue weighted by molar-refractivity contribution is 1.81. The van der Waals surface area contributed by atoms with Gasteiger partial charge in [-0.2, -0.15) is 0 Å². The van der Waals surface area contributed by atoms with Crippen molar-refractivity contribution >= 4 is 45.6 Å². The highest BCUT2D eigenvalue weighted by atomic mass is 14.1. The summed E-state index contributed by atoms with van der Waals surface area (Å²) in [6.07, 6.45) is 0. The van der Waals surface area contributed by atoms with Crippen LogP contribution in [0.4, 0.5) is 0 Å². The van der Waals surface area contributed by atoms with E-state index in [0.717, 1.165) is 16.2 Å². The van der Waals surface area contributed by atoms with Gasteiger partial charge in [-0.1, -0.05) is 54.0 Å². The van der Waals surface area contributed by atoms with Gasteiger partial charge in [-0.3, -0.25) is 0 Å². The number of hydrogen-bond donors (Lipinski definition) is 0. The SMILES string of the molecule is [B]c1ccc2ccc3cccc4c#cc1c2c43. The second kappa shape index (κ2) is 2.93. The molecule has 4 aromatic rings. The van der Waals surface area contributed by atoms with Gasteiger partial charge in [0.25, 0.3) is 0 Å². The smallest absolute Gasteiger partial charge is 0.0806 e. The molecule has 2 radical (unpaired) electrons. The summed E-state index contributed by atoms with van der Waals surface area (Å²) < 4.78 is 0. The van der Waals surface area contributed by atoms with E-state index in [1.807, 2.05) is 6.07 Å². The maximum absolute atomic E-state index is 6.01. The molecule has 0 amide bonds. The fraction of sp³-hybridized carbons (Fsp3) is 0. The van der Waals surface area contributed by atoms with Crippen LogP contribution in [0.3, 0.4) is 0 Å². The molecular formula is C16H7B. The Bertz CT molecular complexity index is 830. The van der Waals surface area contributed by atoms with Gasteiger partial charge in [0, 0.05) is 21.5 Å². The lowest BCUT2D eigenvalue weighted by Crippen LogP contribution is -2.02. The lowest BCUT2D eigenvalue weighted by Gasteiger charge is -2.09. The summed E-state index contributed by atoms with van der Waals surface area (Å²) in [5.74, 6) is 0. The molecule has 0 saturated heterocycles. The third-order valence-corrected chi connectivity index (χ3v) is 3.38. The van der Waals surface area contributed by atoms with Crippen LogP contribution in [-0.4, -0.2) is 7.85 Å². The molecule has 0 spiro atoms. The van der Waals surface area contributed by atoms with Gasteiger partial charge in [-0.05, 0) is 16.8 Å². The Morgan fingerprint density at radius 1 is 0.765 bits per heavy atom. The Morgan fingerprint density at radius 2 is 1.53 bits per heavy atom. The maximum atomic E-state index is 6.01. The van der Waals surface area contributed by atoms with Crippen molar-refractivity contribution in [3.8, 4) is 0 Å². The standard InChI is InChI=1S/C16H7B/c17-14-9-7-12-5-4-10-2-1-3-11-6-8-13(14)16(12)15(10)11/h1-5,7,9H. The average Bonchev–Trinajstić information content (AvgIpc) is 2.38. The van der Waals surface area contributed by atoms with Crippen molar-refractivity contribution in [2.24, 2.45) is 0 Å². The van der Waals surface area contributed by atoms with Gasteiger partial charge in [0.05, 0.1) is 0 Å². The highest BCUT2D eigenvalue weighted by Crippen LogP contribution is 2.31. The minimum absolute atomic E-state index is 0.770. The number of benzene rings is 3. The van der Waals surface area contributed by atoms with Gasteiger partial charge >= 0.3 is 0 Å². The quantitative estimate of drug-likeness (QED) is 0.309. The zero-order valence-corrected chi connectivity index (χ0v) is 9.12. The van der Waals surface area contributed by atoms with Crippen LogP contribution in [0.2, 0.25) is 0 Å². The molecule has 0 nitrogen and oxygen atoms in total. The highest BCUT2D eigenvalue weighted by Gasteiger charge is 2.07. The van der Waals surface area contributed by atoms with Gasteiger partial charge < -0.3 is 0 Å². The molecular weight excluding hydrogens is 203 g/mol. The Balaban J connectivity index is 2.48. The third-order valence-electron chi connectivity index (χ3n) is 3.38. The molecule has 0 aliphatic carbocycles. The molecule has 0 fully saturated rings. The molecule has 0 bridgehead atoms. The van der Waals surface area contributed by atoms with Crippen molar-refractivity contribution in [3.05, 3.63) is 54.6 Å². The zero-order chi connectivity index (χ0) is 11.4. The zero-order valence-electron chi connectivity index (χ0n) is 9.12. The molecule has 0 aromatic heterocycles. The molecule has 0 atom stereocenters. The molecule has 1 heteroatoms. The van der Waals surface area contributed by atoms with Crippen LogP contribution in [0.5, 0.6) is 0 Å². The van der Waals surface area contributed by atoms with Gasteiger partial charge in [0.1, 0.15) is 7.85 Å². The van der Waals surface area contributed by atoms with E-state index < -0.39 is 0 Å². The Hall–Kier alpha value is -2.20. The van der Waals surface area contributed by atoms with Crippen LogP contribution in [0.15, 0.2) is 42.5 Å². The van der Waals surface area contributed by atoms with Crippen LogP contribution in [0.1, 0.15) is 0 Å². The van der Waals surface area contributed by atoms with Crippen molar-refractivity contribution in [1.29, 1.82) is 0 Å². The normalized spacial score (nSPS) is 11.3. The summed E-state index contributed by atoms with van der Waals surface area (Å²) in [5.41, 5.74) is 0.770. The first kappa shape index (κ1) is 8.90. The van der Waals surface area contributed by atoms with E-state index in [0.29, 0.717) is 0 Å². The summed E-state index contributed by atoms with van der Waals surface area (Å²) in [7, 11) is 6.01. The summed E-state index contributed by atoms with van der Waals surface area (Å²) in [4.78, 5) is 0. The minimum atomic E-state index is 0.770. The van der Waals surface area contributed by atoms with Crippen LogP contribution < -0.4 is 5.46 Å². The third kappa shape index (κ3) is 1.05. The Morgan fingerprint density at radius 3 is 2.41 bits per heavy atom. The molecule has 17 heavy (non-hydrogen) atoms. The Kier molecular flexibility index (Phi) is 1.53.